The summed E-state index contributed by atoms with van der Waals surface area (Å²) < 4.78 is 4.47. The molecule has 0 radical (unpaired) electrons. The van der Waals surface area contributed by atoms with Crippen LogP contribution in [-0.2, 0) is 19.2 Å². The largest absolute Gasteiger partial charge is 0.464 e. The summed E-state index contributed by atoms with van der Waals surface area (Å²) in [7, 11) is 0. The van der Waals surface area contributed by atoms with E-state index in [1.165, 1.54) is 5.06 Å². The third kappa shape index (κ3) is 3.95. The number of carbonyl (C=O) groups is 2. The monoisotopic (exact) mass is 247 g/mol. The first-order valence-electron chi connectivity index (χ1n) is 5.55. The van der Waals surface area contributed by atoms with Crippen LogP contribution in [0.3, 0.4) is 0 Å². The molecule has 2 N–H and O–H groups in total. The van der Waals surface area contributed by atoms with E-state index in [9.17, 15) is 19.8 Å². The van der Waals surface area contributed by atoms with Gasteiger partial charge in [0.2, 0.25) is 0 Å². The van der Waals surface area contributed by atoms with Crippen LogP contribution in [0, 0.1) is 0 Å². The van der Waals surface area contributed by atoms with Crippen molar-refractivity contribution >= 4 is 11.9 Å². The maximum Gasteiger partial charge on any atom is 0.357 e. The first-order chi connectivity index (χ1) is 8.06. The number of hydrogen-bond acceptors (Lipinski definition) is 7. The van der Waals surface area contributed by atoms with E-state index in [1.807, 2.05) is 0 Å². The zero-order valence-electron chi connectivity index (χ0n) is 9.66. The summed E-state index contributed by atoms with van der Waals surface area (Å²) in [5.74, 6) is -2.09. The van der Waals surface area contributed by atoms with Gasteiger partial charge in [0.15, 0.2) is 12.2 Å². The van der Waals surface area contributed by atoms with Crippen molar-refractivity contribution in [2.45, 2.75) is 32.0 Å². The van der Waals surface area contributed by atoms with Crippen molar-refractivity contribution in [2.75, 3.05) is 19.7 Å². The van der Waals surface area contributed by atoms with Crippen LogP contribution in [0.25, 0.3) is 0 Å². The van der Waals surface area contributed by atoms with Crippen LogP contribution < -0.4 is 0 Å². The van der Waals surface area contributed by atoms with Crippen LogP contribution in [0.4, 0.5) is 0 Å². The predicted molar refractivity (Wildman–Crippen MR) is 55.5 cm³/mol. The van der Waals surface area contributed by atoms with Gasteiger partial charge in [-0.3, -0.25) is 0 Å². The minimum Gasteiger partial charge on any atom is -0.464 e. The number of hydrogen-bond donors (Lipinski definition) is 2. The Morgan fingerprint density at radius 2 is 1.71 bits per heavy atom. The fraction of sp³-hybridized carbons (Fsp3) is 0.800. The number of rotatable bonds is 5. The second-order valence-corrected chi connectivity index (χ2v) is 3.69. The van der Waals surface area contributed by atoms with Crippen LogP contribution in [0.1, 0.15) is 19.8 Å². The van der Waals surface area contributed by atoms with E-state index in [0.717, 1.165) is 12.8 Å². The summed E-state index contributed by atoms with van der Waals surface area (Å²) in [6, 6.07) is 0. The quantitative estimate of drug-likeness (QED) is 0.590. The molecule has 1 aliphatic rings. The molecule has 1 heterocycles. The highest BCUT2D eigenvalue weighted by Crippen LogP contribution is 2.09. The zero-order chi connectivity index (χ0) is 12.8. The Hall–Kier alpha value is -1.18. The van der Waals surface area contributed by atoms with Gasteiger partial charge >= 0.3 is 11.9 Å². The topological polar surface area (TPSA) is 96.3 Å². The summed E-state index contributed by atoms with van der Waals surface area (Å²) >= 11 is 0. The molecule has 0 amide bonds. The second-order valence-electron chi connectivity index (χ2n) is 3.69. The van der Waals surface area contributed by atoms with Gasteiger partial charge in [0.1, 0.15) is 0 Å². The highest BCUT2D eigenvalue weighted by Gasteiger charge is 2.34. The summed E-state index contributed by atoms with van der Waals surface area (Å²) in [6.45, 7) is 2.80. The lowest BCUT2D eigenvalue weighted by atomic mass is 10.2. The van der Waals surface area contributed by atoms with Crippen molar-refractivity contribution < 1.29 is 29.4 Å². The minimum atomic E-state index is -1.92. The van der Waals surface area contributed by atoms with Gasteiger partial charge in [-0.15, -0.1) is 5.06 Å². The molecule has 0 bridgehead atoms. The maximum atomic E-state index is 11.4. The number of hydroxylamine groups is 2. The Bertz CT molecular complexity index is 276. The lowest BCUT2D eigenvalue weighted by molar-refractivity contribution is -0.203. The molecular weight excluding hydrogens is 230 g/mol. The maximum absolute atomic E-state index is 11.4. The molecule has 0 spiro atoms. The molecular formula is C10H17NO6. The fourth-order valence-corrected chi connectivity index (χ4v) is 1.45. The van der Waals surface area contributed by atoms with Crippen molar-refractivity contribution in [1.29, 1.82) is 0 Å². The van der Waals surface area contributed by atoms with Gasteiger partial charge in [-0.25, -0.2) is 9.59 Å². The average molecular weight is 247 g/mol. The van der Waals surface area contributed by atoms with Crippen LogP contribution in [0.2, 0.25) is 0 Å². The molecule has 98 valence electrons. The summed E-state index contributed by atoms with van der Waals surface area (Å²) in [5.41, 5.74) is 0. The number of esters is 1. The number of aliphatic hydroxyl groups excluding tert-OH is 2. The van der Waals surface area contributed by atoms with Crippen molar-refractivity contribution in [3.63, 3.8) is 0 Å². The van der Waals surface area contributed by atoms with Crippen molar-refractivity contribution in [3.05, 3.63) is 0 Å². The lowest BCUT2D eigenvalue weighted by Crippen LogP contribution is -2.43. The third-order valence-electron chi connectivity index (χ3n) is 2.35. The highest BCUT2D eigenvalue weighted by atomic mass is 16.7. The van der Waals surface area contributed by atoms with E-state index in [0.29, 0.717) is 13.1 Å². The van der Waals surface area contributed by atoms with Gasteiger partial charge in [-0.2, -0.15) is 0 Å². The molecule has 0 saturated carbocycles. The molecule has 7 nitrogen and oxygen atoms in total. The molecule has 1 aliphatic heterocycles. The minimum absolute atomic E-state index is 0.0593. The predicted octanol–water partition coefficient (Wildman–Crippen LogP) is -1.17. The van der Waals surface area contributed by atoms with Crippen LogP contribution in [-0.4, -0.2) is 59.1 Å². The van der Waals surface area contributed by atoms with E-state index in [2.05, 4.69) is 4.74 Å². The van der Waals surface area contributed by atoms with Gasteiger partial charge in [0.25, 0.3) is 0 Å². The molecule has 0 aromatic rings. The summed E-state index contributed by atoms with van der Waals surface area (Å²) in [4.78, 5) is 27.2. The van der Waals surface area contributed by atoms with Crippen molar-refractivity contribution in [2.24, 2.45) is 0 Å². The average Bonchev–Trinajstić information content (AvgIpc) is 2.80. The summed E-state index contributed by atoms with van der Waals surface area (Å²) in [6.07, 6.45) is -2.02. The molecule has 1 saturated heterocycles. The van der Waals surface area contributed by atoms with E-state index >= 15 is 0 Å². The van der Waals surface area contributed by atoms with E-state index in [1.54, 1.807) is 6.92 Å². The Labute approximate surface area is 98.9 Å². The Balaban J connectivity index is 2.41. The van der Waals surface area contributed by atoms with Crippen LogP contribution in [0.5, 0.6) is 0 Å². The Kier molecular flexibility index (Phi) is 5.33. The Morgan fingerprint density at radius 3 is 2.24 bits per heavy atom. The molecule has 7 heteroatoms. The lowest BCUT2D eigenvalue weighted by Gasteiger charge is -2.19. The smallest absolute Gasteiger partial charge is 0.357 e. The molecule has 2 atom stereocenters. The number of aliphatic hydroxyl groups is 2. The first kappa shape index (κ1) is 13.9. The van der Waals surface area contributed by atoms with E-state index in [-0.39, 0.29) is 6.61 Å². The molecule has 0 aromatic carbocycles. The molecule has 2 unspecified atom stereocenters. The van der Waals surface area contributed by atoms with Gasteiger partial charge in [0.05, 0.1) is 6.61 Å². The number of carbonyl (C=O) groups excluding carboxylic acids is 2. The normalized spacial score (nSPS) is 19.7. The first-order valence-corrected chi connectivity index (χ1v) is 5.55. The summed E-state index contributed by atoms with van der Waals surface area (Å²) in [5, 5.41) is 20.1. The fourth-order valence-electron chi connectivity index (χ4n) is 1.45. The van der Waals surface area contributed by atoms with Crippen molar-refractivity contribution in [3.8, 4) is 0 Å². The Morgan fingerprint density at radius 1 is 1.18 bits per heavy atom. The molecule has 0 aromatic heterocycles. The molecule has 17 heavy (non-hydrogen) atoms. The van der Waals surface area contributed by atoms with Gasteiger partial charge in [-0.05, 0) is 19.8 Å². The number of ether oxygens (including phenoxy) is 1. The number of nitrogens with zero attached hydrogens (tertiary/aromatic N) is 1. The second kappa shape index (κ2) is 6.53. The van der Waals surface area contributed by atoms with Gasteiger partial charge < -0.3 is 19.8 Å². The standard InChI is InChI=1S/C10H17NO6/c1-2-16-9(14)7(12)8(13)10(15)17-11-5-3-4-6-11/h7-8,12-13H,2-6H2,1H3. The van der Waals surface area contributed by atoms with Gasteiger partial charge in [-0.1, -0.05) is 0 Å². The molecule has 0 aliphatic carbocycles. The highest BCUT2D eigenvalue weighted by molar-refractivity contribution is 5.85. The molecule has 1 fully saturated rings. The van der Waals surface area contributed by atoms with E-state index in [4.69, 9.17) is 4.84 Å². The third-order valence-corrected chi connectivity index (χ3v) is 2.35. The van der Waals surface area contributed by atoms with Crippen LogP contribution >= 0.6 is 0 Å². The van der Waals surface area contributed by atoms with Crippen molar-refractivity contribution in [1.82, 2.24) is 5.06 Å². The molecule has 1 rings (SSSR count). The van der Waals surface area contributed by atoms with Gasteiger partial charge in [0, 0.05) is 13.1 Å². The van der Waals surface area contributed by atoms with E-state index < -0.39 is 24.1 Å². The zero-order valence-corrected chi connectivity index (χ0v) is 9.66. The van der Waals surface area contributed by atoms with Crippen LogP contribution in [0.15, 0.2) is 0 Å². The SMILES string of the molecule is CCOC(=O)C(O)C(O)C(=O)ON1CCCC1.